The fourth-order valence-corrected chi connectivity index (χ4v) is 4.42. The fraction of sp³-hybridized carbons (Fsp3) is 0.250. The highest BCUT2D eigenvalue weighted by molar-refractivity contribution is 6.30. The Morgan fingerprint density at radius 1 is 0.917 bits per heavy atom. The van der Waals surface area contributed by atoms with Crippen LogP contribution in [0.25, 0.3) is 28.0 Å². The summed E-state index contributed by atoms with van der Waals surface area (Å²) in [5, 5.41) is 4.26. The first-order chi connectivity index (χ1) is 17.3. The molecule has 4 aromatic rings. The molecule has 4 heteroatoms. The molecule has 0 radical (unpaired) electrons. The van der Waals surface area contributed by atoms with Gasteiger partial charge in [-0.05, 0) is 81.8 Å². The maximum absolute atomic E-state index is 6.14. The standard InChI is InChI=1S/C32H34ClN3/c1-21(2)8-6-7-9-30-32(26-14-17-28(33)18-15-26)36-29-19-16-27(20-31(29)35-30)24(5)34-23(4)25-12-10-22(3)11-13-25/h10-20,23,34H,1,5-9H2,2-4H3. The van der Waals surface area contributed by atoms with E-state index in [0.717, 1.165) is 64.9 Å². The molecule has 0 spiro atoms. The summed E-state index contributed by atoms with van der Waals surface area (Å²) in [5.41, 5.74) is 10.3. The summed E-state index contributed by atoms with van der Waals surface area (Å²) in [4.78, 5) is 10.1. The largest absolute Gasteiger partial charge is 0.379 e. The van der Waals surface area contributed by atoms with E-state index in [1.807, 2.05) is 30.3 Å². The second-order valence-corrected chi connectivity index (χ2v) is 10.1. The average Bonchev–Trinajstić information content (AvgIpc) is 2.86. The number of nitrogens with one attached hydrogen (secondary N) is 1. The van der Waals surface area contributed by atoms with Gasteiger partial charge in [-0.1, -0.05) is 71.8 Å². The third kappa shape index (κ3) is 6.41. The number of benzene rings is 3. The monoisotopic (exact) mass is 495 g/mol. The molecule has 4 rings (SSSR count). The Balaban J connectivity index is 1.62. The minimum atomic E-state index is 0.149. The lowest BCUT2D eigenvalue weighted by Gasteiger charge is -2.18. The number of unbranched alkanes of at least 4 members (excludes halogenated alkanes) is 1. The van der Waals surface area contributed by atoms with Crippen molar-refractivity contribution in [2.45, 2.75) is 52.5 Å². The summed E-state index contributed by atoms with van der Waals surface area (Å²) < 4.78 is 0. The van der Waals surface area contributed by atoms with Gasteiger partial charge in [0.05, 0.1) is 22.4 Å². The van der Waals surface area contributed by atoms with Crippen molar-refractivity contribution in [3.8, 4) is 11.3 Å². The lowest BCUT2D eigenvalue weighted by atomic mass is 10.0. The number of aromatic nitrogens is 2. The molecule has 3 aromatic carbocycles. The number of rotatable bonds is 10. The van der Waals surface area contributed by atoms with Crippen molar-refractivity contribution in [2.75, 3.05) is 0 Å². The van der Waals surface area contributed by atoms with Crippen LogP contribution in [-0.2, 0) is 6.42 Å². The van der Waals surface area contributed by atoms with Crippen molar-refractivity contribution in [3.63, 3.8) is 0 Å². The van der Waals surface area contributed by atoms with Gasteiger partial charge in [0.15, 0.2) is 0 Å². The summed E-state index contributed by atoms with van der Waals surface area (Å²) >= 11 is 6.14. The van der Waals surface area contributed by atoms with Gasteiger partial charge in [0.25, 0.3) is 0 Å². The van der Waals surface area contributed by atoms with Crippen molar-refractivity contribution in [2.24, 2.45) is 0 Å². The Bertz CT molecular complexity index is 1370. The van der Waals surface area contributed by atoms with E-state index in [1.165, 1.54) is 16.7 Å². The molecule has 0 saturated carbocycles. The van der Waals surface area contributed by atoms with Crippen molar-refractivity contribution >= 4 is 28.3 Å². The van der Waals surface area contributed by atoms with Gasteiger partial charge in [0, 0.05) is 22.3 Å². The van der Waals surface area contributed by atoms with E-state index in [0.29, 0.717) is 5.02 Å². The molecule has 0 saturated heterocycles. The number of hydrogen-bond donors (Lipinski definition) is 1. The normalized spacial score (nSPS) is 11.9. The topological polar surface area (TPSA) is 37.8 Å². The van der Waals surface area contributed by atoms with Crippen molar-refractivity contribution < 1.29 is 0 Å². The maximum atomic E-state index is 6.14. The molecule has 1 N–H and O–H groups in total. The zero-order valence-corrected chi connectivity index (χ0v) is 22.2. The Kier molecular flexibility index (Phi) is 8.22. The molecule has 0 fully saturated rings. The highest BCUT2D eigenvalue weighted by atomic mass is 35.5. The van der Waals surface area contributed by atoms with Crippen molar-refractivity contribution in [1.82, 2.24) is 15.3 Å². The average molecular weight is 496 g/mol. The van der Waals surface area contributed by atoms with Crippen LogP contribution < -0.4 is 5.32 Å². The second kappa shape index (κ2) is 11.5. The molecular formula is C32H34ClN3. The molecule has 1 atom stereocenters. The highest BCUT2D eigenvalue weighted by Gasteiger charge is 2.13. The van der Waals surface area contributed by atoms with E-state index in [-0.39, 0.29) is 6.04 Å². The quantitative estimate of drug-likeness (QED) is 0.176. The number of nitrogens with zero attached hydrogens (tertiary/aromatic N) is 2. The second-order valence-electron chi connectivity index (χ2n) is 9.65. The van der Waals surface area contributed by atoms with E-state index in [1.54, 1.807) is 0 Å². The number of aryl methyl sites for hydroxylation is 2. The molecule has 1 unspecified atom stereocenters. The van der Waals surface area contributed by atoms with Gasteiger partial charge < -0.3 is 5.32 Å². The molecule has 0 aliphatic carbocycles. The van der Waals surface area contributed by atoms with Crippen LogP contribution in [0.4, 0.5) is 0 Å². The molecule has 36 heavy (non-hydrogen) atoms. The summed E-state index contributed by atoms with van der Waals surface area (Å²) in [6.45, 7) is 14.7. The van der Waals surface area contributed by atoms with E-state index in [2.05, 4.69) is 75.6 Å². The predicted octanol–water partition coefficient (Wildman–Crippen LogP) is 8.87. The van der Waals surface area contributed by atoms with Crippen LogP contribution in [0.1, 0.15) is 61.5 Å². The smallest absolute Gasteiger partial charge is 0.0925 e. The van der Waals surface area contributed by atoms with Crippen LogP contribution in [0.2, 0.25) is 5.02 Å². The zero-order valence-electron chi connectivity index (χ0n) is 21.4. The first-order valence-corrected chi connectivity index (χ1v) is 12.9. The summed E-state index contributed by atoms with van der Waals surface area (Å²) in [7, 11) is 0. The Hall–Kier alpha value is -3.43. The molecular weight excluding hydrogens is 462 g/mol. The SMILES string of the molecule is C=C(C)CCCCc1nc2cc(C(=C)NC(C)c3ccc(C)cc3)ccc2nc1-c1ccc(Cl)cc1. The highest BCUT2D eigenvalue weighted by Crippen LogP contribution is 2.28. The van der Waals surface area contributed by atoms with E-state index in [9.17, 15) is 0 Å². The number of allylic oxidation sites excluding steroid dienone is 1. The lowest BCUT2D eigenvalue weighted by molar-refractivity contribution is 0.701. The van der Waals surface area contributed by atoms with Crippen molar-refractivity contribution in [3.05, 3.63) is 113 Å². The fourth-order valence-electron chi connectivity index (χ4n) is 4.29. The van der Waals surface area contributed by atoms with Gasteiger partial charge in [-0.3, -0.25) is 0 Å². The third-order valence-electron chi connectivity index (χ3n) is 6.44. The molecule has 1 aromatic heterocycles. The molecule has 0 amide bonds. The van der Waals surface area contributed by atoms with Crippen molar-refractivity contribution in [1.29, 1.82) is 0 Å². The third-order valence-corrected chi connectivity index (χ3v) is 6.69. The molecule has 1 heterocycles. The number of hydrogen-bond acceptors (Lipinski definition) is 3. The van der Waals surface area contributed by atoms with E-state index >= 15 is 0 Å². The number of halogens is 1. The van der Waals surface area contributed by atoms with Crippen LogP contribution in [0.5, 0.6) is 0 Å². The number of fused-ring (bicyclic) bond motifs is 1. The first-order valence-electron chi connectivity index (χ1n) is 12.5. The molecule has 0 aliphatic heterocycles. The van der Waals surface area contributed by atoms with Crippen LogP contribution in [0.3, 0.4) is 0 Å². The van der Waals surface area contributed by atoms with Gasteiger partial charge in [0.2, 0.25) is 0 Å². The van der Waals surface area contributed by atoms with Crippen LogP contribution in [0, 0.1) is 6.92 Å². The molecule has 0 aliphatic rings. The lowest BCUT2D eigenvalue weighted by Crippen LogP contribution is -2.16. The minimum absolute atomic E-state index is 0.149. The van der Waals surface area contributed by atoms with Crippen LogP contribution >= 0.6 is 11.6 Å². The van der Waals surface area contributed by atoms with Gasteiger partial charge in [-0.15, -0.1) is 6.58 Å². The Labute approximate surface area is 220 Å². The van der Waals surface area contributed by atoms with E-state index < -0.39 is 0 Å². The van der Waals surface area contributed by atoms with Crippen LogP contribution in [0.15, 0.2) is 85.5 Å². The Morgan fingerprint density at radius 2 is 1.64 bits per heavy atom. The van der Waals surface area contributed by atoms with Gasteiger partial charge in [0.1, 0.15) is 0 Å². The van der Waals surface area contributed by atoms with Gasteiger partial charge in [-0.2, -0.15) is 0 Å². The zero-order chi connectivity index (χ0) is 25.7. The van der Waals surface area contributed by atoms with Gasteiger partial charge in [-0.25, -0.2) is 9.97 Å². The minimum Gasteiger partial charge on any atom is -0.379 e. The summed E-state index contributed by atoms with van der Waals surface area (Å²) in [6, 6.07) is 22.8. The molecule has 0 bridgehead atoms. The van der Waals surface area contributed by atoms with Gasteiger partial charge >= 0.3 is 0 Å². The van der Waals surface area contributed by atoms with E-state index in [4.69, 9.17) is 21.6 Å². The first kappa shape index (κ1) is 25.7. The molecule has 3 nitrogen and oxygen atoms in total. The predicted molar refractivity (Wildman–Crippen MR) is 154 cm³/mol. The summed E-state index contributed by atoms with van der Waals surface area (Å²) in [6.07, 6.45) is 4.02. The summed E-state index contributed by atoms with van der Waals surface area (Å²) in [5.74, 6) is 0. The maximum Gasteiger partial charge on any atom is 0.0925 e. The molecule has 184 valence electrons. The Morgan fingerprint density at radius 3 is 2.33 bits per heavy atom. The van der Waals surface area contributed by atoms with Crippen LogP contribution in [-0.4, -0.2) is 9.97 Å².